The first-order chi connectivity index (χ1) is 7.66. The zero-order chi connectivity index (χ0) is 11.5. The van der Waals surface area contributed by atoms with Crippen LogP contribution in [0.3, 0.4) is 0 Å². The fraction of sp³-hybridized carbons (Fsp3) is 0.692. The van der Waals surface area contributed by atoms with Crippen LogP contribution in [0.4, 0.5) is 0 Å². The summed E-state index contributed by atoms with van der Waals surface area (Å²) in [4.78, 5) is 0. The molecule has 0 bridgehead atoms. The normalized spacial score (nSPS) is 27.2. The summed E-state index contributed by atoms with van der Waals surface area (Å²) < 4.78 is 5.40. The Bertz CT molecular complexity index is 334. The number of rotatable bonds is 4. The van der Waals surface area contributed by atoms with Gasteiger partial charge in [-0.25, -0.2) is 0 Å². The number of hydrogen-bond acceptors (Lipinski definition) is 3. The Labute approximate surface area is 96.8 Å². The fourth-order valence-corrected chi connectivity index (χ4v) is 2.44. The van der Waals surface area contributed by atoms with E-state index in [1.54, 1.807) is 0 Å². The van der Waals surface area contributed by atoms with E-state index in [9.17, 15) is 5.11 Å². The summed E-state index contributed by atoms with van der Waals surface area (Å²) in [5.41, 5.74) is 0. The van der Waals surface area contributed by atoms with Gasteiger partial charge in [-0.15, -0.1) is 0 Å². The Morgan fingerprint density at radius 1 is 1.50 bits per heavy atom. The van der Waals surface area contributed by atoms with Gasteiger partial charge in [0.25, 0.3) is 0 Å². The number of aliphatic hydroxyl groups is 1. The van der Waals surface area contributed by atoms with E-state index < -0.39 is 6.10 Å². The lowest BCUT2D eigenvalue weighted by molar-refractivity contribution is 0.140. The van der Waals surface area contributed by atoms with E-state index in [4.69, 9.17) is 4.42 Å². The van der Waals surface area contributed by atoms with Crippen LogP contribution in [0.2, 0.25) is 0 Å². The second kappa shape index (κ2) is 5.02. The van der Waals surface area contributed by atoms with Gasteiger partial charge in [-0.05, 0) is 37.8 Å². The van der Waals surface area contributed by atoms with Gasteiger partial charge < -0.3 is 14.8 Å². The molecule has 1 saturated carbocycles. The van der Waals surface area contributed by atoms with Gasteiger partial charge in [0.15, 0.2) is 0 Å². The van der Waals surface area contributed by atoms with Gasteiger partial charge >= 0.3 is 0 Å². The third kappa shape index (κ3) is 2.66. The highest BCUT2D eigenvalue weighted by Crippen LogP contribution is 2.25. The average Bonchev–Trinajstić information content (AvgIpc) is 2.84. The predicted molar refractivity (Wildman–Crippen MR) is 63.2 cm³/mol. The summed E-state index contributed by atoms with van der Waals surface area (Å²) >= 11 is 0. The molecule has 90 valence electrons. The van der Waals surface area contributed by atoms with E-state index in [1.165, 1.54) is 19.3 Å². The summed E-state index contributed by atoms with van der Waals surface area (Å²) in [6.07, 6.45) is 3.30. The van der Waals surface area contributed by atoms with Crippen molar-refractivity contribution in [3.8, 4) is 0 Å². The average molecular weight is 223 g/mol. The Hall–Kier alpha value is -0.800. The van der Waals surface area contributed by atoms with Crippen molar-refractivity contribution in [3.63, 3.8) is 0 Å². The Morgan fingerprint density at radius 2 is 2.31 bits per heavy atom. The molecule has 3 heteroatoms. The van der Waals surface area contributed by atoms with Gasteiger partial charge in [-0.2, -0.15) is 0 Å². The van der Waals surface area contributed by atoms with Crippen molar-refractivity contribution in [2.24, 2.45) is 5.92 Å². The maximum Gasteiger partial charge on any atom is 0.133 e. The molecule has 0 aliphatic heterocycles. The van der Waals surface area contributed by atoms with E-state index in [2.05, 4.69) is 12.2 Å². The molecule has 1 aliphatic carbocycles. The molecule has 1 fully saturated rings. The summed E-state index contributed by atoms with van der Waals surface area (Å²) in [5.74, 6) is 2.24. The summed E-state index contributed by atoms with van der Waals surface area (Å²) in [7, 11) is 0. The van der Waals surface area contributed by atoms with Crippen molar-refractivity contribution < 1.29 is 9.52 Å². The molecule has 3 unspecified atom stereocenters. The van der Waals surface area contributed by atoms with E-state index in [1.807, 2.05) is 19.1 Å². The van der Waals surface area contributed by atoms with Crippen LogP contribution in [0.15, 0.2) is 16.5 Å². The van der Waals surface area contributed by atoms with E-state index in [0.29, 0.717) is 18.3 Å². The van der Waals surface area contributed by atoms with E-state index >= 15 is 0 Å². The van der Waals surface area contributed by atoms with Crippen LogP contribution < -0.4 is 5.32 Å². The van der Waals surface area contributed by atoms with Gasteiger partial charge in [0.2, 0.25) is 0 Å². The molecule has 1 aromatic heterocycles. The number of furan rings is 1. The minimum atomic E-state index is -0.526. The lowest BCUT2D eigenvalue weighted by Crippen LogP contribution is -2.34. The molecule has 0 spiro atoms. The van der Waals surface area contributed by atoms with Gasteiger partial charge in [0.05, 0.1) is 0 Å². The first-order valence-electron chi connectivity index (χ1n) is 6.14. The zero-order valence-corrected chi connectivity index (χ0v) is 10.1. The second-order valence-electron chi connectivity index (χ2n) is 4.89. The molecule has 1 aliphatic rings. The first-order valence-corrected chi connectivity index (χ1v) is 6.14. The SMILES string of the molecule is Cc1ccc(C(O)CNC2CCCC2C)o1. The number of nitrogens with one attached hydrogen (secondary N) is 1. The molecule has 0 aromatic carbocycles. The van der Waals surface area contributed by atoms with E-state index in [0.717, 1.165) is 11.7 Å². The highest BCUT2D eigenvalue weighted by Gasteiger charge is 2.23. The number of hydrogen-bond donors (Lipinski definition) is 2. The van der Waals surface area contributed by atoms with Crippen LogP contribution in [0.1, 0.15) is 43.8 Å². The van der Waals surface area contributed by atoms with Crippen LogP contribution in [0.25, 0.3) is 0 Å². The molecule has 1 aromatic rings. The van der Waals surface area contributed by atoms with Gasteiger partial charge in [0.1, 0.15) is 17.6 Å². The van der Waals surface area contributed by atoms with Crippen LogP contribution in [-0.2, 0) is 0 Å². The summed E-state index contributed by atoms with van der Waals surface area (Å²) in [6, 6.07) is 4.29. The molecule has 2 rings (SSSR count). The lowest BCUT2D eigenvalue weighted by atomic mass is 10.1. The molecular formula is C13H21NO2. The second-order valence-corrected chi connectivity index (χ2v) is 4.89. The van der Waals surface area contributed by atoms with Crippen molar-refractivity contribution >= 4 is 0 Å². The number of aryl methyl sites for hydroxylation is 1. The molecule has 0 amide bonds. The van der Waals surface area contributed by atoms with Crippen LogP contribution in [-0.4, -0.2) is 17.7 Å². The van der Waals surface area contributed by atoms with E-state index in [-0.39, 0.29) is 0 Å². The van der Waals surface area contributed by atoms with Crippen LogP contribution in [0.5, 0.6) is 0 Å². The van der Waals surface area contributed by atoms with Crippen molar-refractivity contribution in [1.29, 1.82) is 0 Å². The Kier molecular flexibility index (Phi) is 3.66. The van der Waals surface area contributed by atoms with Crippen LogP contribution in [0, 0.1) is 12.8 Å². The molecule has 0 radical (unpaired) electrons. The maximum absolute atomic E-state index is 9.92. The summed E-state index contributed by atoms with van der Waals surface area (Å²) in [5, 5.41) is 13.4. The predicted octanol–water partition coefficient (Wildman–Crippen LogP) is 2.40. The van der Waals surface area contributed by atoms with Gasteiger partial charge in [-0.3, -0.25) is 0 Å². The molecule has 2 N–H and O–H groups in total. The van der Waals surface area contributed by atoms with Crippen molar-refractivity contribution in [1.82, 2.24) is 5.32 Å². The minimum absolute atomic E-state index is 0.526. The Balaban J connectivity index is 1.81. The third-order valence-electron chi connectivity index (χ3n) is 3.52. The van der Waals surface area contributed by atoms with Crippen molar-refractivity contribution in [2.75, 3.05) is 6.54 Å². The van der Waals surface area contributed by atoms with Crippen molar-refractivity contribution in [3.05, 3.63) is 23.7 Å². The monoisotopic (exact) mass is 223 g/mol. The molecule has 0 saturated heterocycles. The topological polar surface area (TPSA) is 45.4 Å². The largest absolute Gasteiger partial charge is 0.464 e. The minimum Gasteiger partial charge on any atom is -0.464 e. The lowest BCUT2D eigenvalue weighted by Gasteiger charge is -2.18. The zero-order valence-electron chi connectivity index (χ0n) is 10.1. The standard InChI is InChI=1S/C13H21NO2/c1-9-4-3-5-11(9)14-8-12(15)13-7-6-10(2)16-13/h6-7,9,11-12,14-15H,3-5,8H2,1-2H3. The summed E-state index contributed by atoms with van der Waals surface area (Å²) in [6.45, 7) is 4.75. The Morgan fingerprint density at radius 3 is 2.88 bits per heavy atom. The molecule has 16 heavy (non-hydrogen) atoms. The molecule has 3 atom stereocenters. The highest BCUT2D eigenvalue weighted by atomic mass is 16.4. The fourth-order valence-electron chi connectivity index (χ4n) is 2.44. The third-order valence-corrected chi connectivity index (χ3v) is 3.52. The quantitative estimate of drug-likeness (QED) is 0.824. The van der Waals surface area contributed by atoms with Crippen molar-refractivity contribution in [2.45, 2.75) is 45.3 Å². The smallest absolute Gasteiger partial charge is 0.133 e. The maximum atomic E-state index is 9.92. The molecule has 1 heterocycles. The molecule has 3 nitrogen and oxygen atoms in total. The first kappa shape index (κ1) is 11.7. The number of aliphatic hydroxyl groups excluding tert-OH is 1. The van der Waals surface area contributed by atoms with Gasteiger partial charge in [0, 0.05) is 12.6 Å². The molecular weight excluding hydrogens is 202 g/mol. The van der Waals surface area contributed by atoms with Gasteiger partial charge in [-0.1, -0.05) is 13.3 Å². The highest BCUT2D eigenvalue weighted by molar-refractivity contribution is 5.08. The van der Waals surface area contributed by atoms with Crippen LogP contribution >= 0.6 is 0 Å².